The quantitative estimate of drug-likeness (QED) is 0.692. The summed E-state index contributed by atoms with van der Waals surface area (Å²) in [6.07, 6.45) is 1.32. The standard InChI is InChI=1S/C10H22N2/c1-9(2)6-8(9)10(3,7-11)12(4)5/h8H,6-7,11H2,1-5H3. The van der Waals surface area contributed by atoms with Gasteiger partial charge in [-0.3, -0.25) is 0 Å². The second kappa shape index (κ2) is 2.71. The highest BCUT2D eigenvalue weighted by molar-refractivity contribution is 5.09. The maximum absolute atomic E-state index is 5.83. The second-order valence-electron chi connectivity index (χ2n) is 5.20. The SMILES string of the molecule is CN(C)C(C)(CN)C1CC1(C)C. The zero-order chi connectivity index (χ0) is 9.57. The Morgan fingerprint density at radius 3 is 2.00 bits per heavy atom. The van der Waals surface area contributed by atoms with Gasteiger partial charge < -0.3 is 10.6 Å². The summed E-state index contributed by atoms with van der Waals surface area (Å²) in [4.78, 5) is 2.27. The number of nitrogens with two attached hydrogens (primary N) is 1. The molecule has 1 aliphatic rings. The molecule has 72 valence electrons. The molecule has 0 heterocycles. The topological polar surface area (TPSA) is 29.3 Å². The molecular weight excluding hydrogens is 148 g/mol. The van der Waals surface area contributed by atoms with Crippen LogP contribution >= 0.6 is 0 Å². The highest BCUT2D eigenvalue weighted by Crippen LogP contribution is 2.58. The third-order valence-electron chi connectivity index (χ3n) is 3.70. The summed E-state index contributed by atoms with van der Waals surface area (Å²) in [6.45, 7) is 7.69. The fraction of sp³-hybridized carbons (Fsp3) is 1.00. The third-order valence-corrected chi connectivity index (χ3v) is 3.70. The van der Waals surface area contributed by atoms with E-state index >= 15 is 0 Å². The minimum absolute atomic E-state index is 0.198. The maximum atomic E-state index is 5.83. The highest BCUT2D eigenvalue weighted by Gasteiger charge is 2.56. The summed E-state index contributed by atoms with van der Waals surface area (Å²) in [7, 11) is 4.25. The van der Waals surface area contributed by atoms with Crippen molar-refractivity contribution in [1.29, 1.82) is 0 Å². The molecule has 0 bridgehead atoms. The molecule has 1 rings (SSSR count). The molecule has 2 N–H and O–H groups in total. The van der Waals surface area contributed by atoms with E-state index in [9.17, 15) is 0 Å². The van der Waals surface area contributed by atoms with Crippen molar-refractivity contribution >= 4 is 0 Å². The first-order valence-electron chi connectivity index (χ1n) is 4.72. The Hall–Kier alpha value is -0.0800. The van der Waals surface area contributed by atoms with Crippen LogP contribution in [0.25, 0.3) is 0 Å². The van der Waals surface area contributed by atoms with E-state index in [-0.39, 0.29) is 5.54 Å². The van der Waals surface area contributed by atoms with Crippen LogP contribution in [0.15, 0.2) is 0 Å². The lowest BCUT2D eigenvalue weighted by atomic mass is 9.89. The van der Waals surface area contributed by atoms with Gasteiger partial charge in [0.2, 0.25) is 0 Å². The van der Waals surface area contributed by atoms with E-state index in [1.165, 1.54) is 6.42 Å². The zero-order valence-corrected chi connectivity index (χ0v) is 9.02. The first kappa shape index (κ1) is 10.0. The summed E-state index contributed by atoms with van der Waals surface area (Å²) in [5, 5.41) is 0. The summed E-state index contributed by atoms with van der Waals surface area (Å²) >= 11 is 0. The molecule has 0 saturated heterocycles. The predicted molar refractivity (Wildman–Crippen MR) is 53.0 cm³/mol. The molecule has 12 heavy (non-hydrogen) atoms. The van der Waals surface area contributed by atoms with Gasteiger partial charge in [-0.05, 0) is 38.8 Å². The molecule has 2 atom stereocenters. The van der Waals surface area contributed by atoms with Crippen molar-refractivity contribution in [2.75, 3.05) is 20.6 Å². The van der Waals surface area contributed by atoms with Gasteiger partial charge in [-0.15, -0.1) is 0 Å². The van der Waals surface area contributed by atoms with Crippen LogP contribution < -0.4 is 5.73 Å². The van der Waals surface area contributed by atoms with Crippen molar-refractivity contribution in [2.24, 2.45) is 17.1 Å². The van der Waals surface area contributed by atoms with Gasteiger partial charge in [-0.1, -0.05) is 13.8 Å². The van der Waals surface area contributed by atoms with Crippen LogP contribution in [-0.2, 0) is 0 Å². The van der Waals surface area contributed by atoms with E-state index in [0.717, 1.165) is 12.5 Å². The lowest BCUT2D eigenvalue weighted by Crippen LogP contribution is -2.50. The molecule has 2 heteroatoms. The fourth-order valence-electron chi connectivity index (χ4n) is 2.17. The highest BCUT2D eigenvalue weighted by atomic mass is 15.2. The van der Waals surface area contributed by atoms with Crippen LogP contribution in [0.4, 0.5) is 0 Å². The maximum Gasteiger partial charge on any atom is 0.0330 e. The molecule has 0 aromatic carbocycles. The number of likely N-dealkylation sites (N-methyl/N-ethyl adjacent to an activating group) is 1. The predicted octanol–water partition coefficient (Wildman–Crippen LogP) is 1.31. The Balaban J connectivity index is 2.70. The number of rotatable bonds is 3. The summed E-state index contributed by atoms with van der Waals surface area (Å²) in [6, 6.07) is 0. The average molecular weight is 170 g/mol. The van der Waals surface area contributed by atoms with Crippen LogP contribution in [0, 0.1) is 11.3 Å². The van der Waals surface area contributed by atoms with Crippen molar-refractivity contribution < 1.29 is 0 Å². The Morgan fingerprint density at radius 1 is 1.50 bits per heavy atom. The van der Waals surface area contributed by atoms with E-state index in [1.807, 2.05) is 0 Å². The Kier molecular flexibility index (Phi) is 2.26. The van der Waals surface area contributed by atoms with E-state index in [1.54, 1.807) is 0 Å². The number of hydrogen-bond donors (Lipinski definition) is 1. The van der Waals surface area contributed by atoms with E-state index < -0.39 is 0 Å². The molecule has 0 aromatic heterocycles. The van der Waals surface area contributed by atoms with Gasteiger partial charge in [0.1, 0.15) is 0 Å². The molecule has 0 spiro atoms. The molecule has 1 saturated carbocycles. The van der Waals surface area contributed by atoms with Crippen molar-refractivity contribution in [2.45, 2.75) is 32.7 Å². The molecular formula is C10H22N2. The van der Waals surface area contributed by atoms with Gasteiger partial charge in [0.05, 0.1) is 0 Å². The Labute approximate surface area is 76.1 Å². The normalized spacial score (nSPS) is 31.8. The minimum Gasteiger partial charge on any atom is -0.329 e. The number of nitrogens with zero attached hydrogens (tertiary/aromatic N) is 1. The lowest BCUT2D eigenvalue weighted by Gasteiger charge is -2.37. The van der Waals surface area contributed by atoms with Crippen LogP contribution in [0.5, 0.6) is 0 Å². The largest absolute Gasteiger partial charge is 0.329 e. The Morgan fingerprint density at radius 2 is 1.92 bits per heavy atom. The van der Waals surface area contributed by atoms with Gasteiger partial charge >= 0.3 is 0 Å². The van der Waals surface area contributed by atoms with E-state index in [0.29, 0.717) is 5.41 Å². The van der Waals surface area contributed by atoms with Crippen LogP contribution in [0.1, 0.15) is 27.2 Å². The minimum atomic E-state index is 0.198. The van der Waals surface area contributed by atoms with Crippen molar-refractivity contribution in [3.8, 4) is 0 Å². The van der Waals surface area contributed by atoms with Gasteiger partial charge in [-0.25, -0.2) is 0 Å². The molecule has 0 aromatic rings. The Bertz CT molecular complexity index is 175. The van der Waals surface area contributed by atoms with E-state index in [2.05, 4.69) is 39.8 Å². The van der Waals surface area contributed by atoms with Crippen molar-refractivity contribution in [3.63, 3.8) is 0 Å². The van der Waals surface area contributed by atoms with Gasteiger partial charge in [0, 0.05) is 12.1 Å². The molecule has 0 radical (unpaired) electrons. The second-order valence-corrected chi connectivity index (χ2v) is 5.20. The lowest BCUT2D eigenvalue weighted by molar-refractivity contribution is 0.136. The van der Waals surface area contributed by atoms with E-state index in [4.69, 9.17) is 5.73 Å². The van der Waals surface area contributed by atoms with Crippen LogP contribution in [0.3, 0.4) is 0 Å². The monoisotopic (exact) mass is 170 g/mol. The average Bonchev–Trinajstić information content (AvgIpc) is 2.58. The zero-order valence-electron chi connectivity index (χ0n) is 9.02. The van der Waals surface area contributed by atoms with Crippen LogP contribution in [0.2, 0.25) is 0 Å². The fourth-order valence-corrected chi connectivity index (χ4v) is 2.17. The first-order valence-corrected chi connectivity index (χ1v) is 4.72. The molecule has 1 aliphatic carbocycles. The van der Waals surface area contributed by atoms with Gasteiger partial charge in [0.25, 0.3) is 0 Å². The van der Waals surface area contributed by atoms with Crippen LogP contribution in [-0.4, -0.2) is 31.1 Å². The molecule has 2 unspecified atom stereocenters. The molecule has 2 nitrogen and oxygen atoms in total. The first-order chi connectivity index (χ1) is 5.34. The summed E-state index contributed by atoms with van der Waals surface area (Å²) < 4.78 is 0. The number of hydrogen-bond acceptors (Lipinski definition) is 2. The van der Waals surface area contributed by atoms with Crippen molar-refractivity contribution in [1.82, 2.24) is 4.90 Å². The van der Waals surface area contributed by atoms with Gasteiger partial charge in [-0.2, -0.15) is 0 Å². The molecule has 0 aliphatic heterocycles. The summed E-state index contributed by atoms with van der Waals surface area (Å²) in [5.74, 6) is 0.769. The van der Waals surface area contributed by atoms with Gasteiger partial charge in [0.15, 0.2) is 0 Å². The smallest absolute Gasteiger partial charge is 0.0330 e. The molecule has 0 amide bonds. The summed E-state index contributed by atoms with van der Waals surface area (Å²) in [5.41, 5.74) is 6.54. The third kappa shape index (κ3) is 1.38. The van der Waals surface area contributed by atoms with Crippen molar-refractivity contribution in [3.05, 3.63) is 0 Å². The molecule has 1 fully saturated rings.